The summed E-state index contributed by atoms with van der Waals surface area (Å²) in [6.45, 7) is 6.69. The Balaban J connectivity index is 1.59. The van der Waals surface area contributed by atoms with Crippen molar-refractivity contribution in [3.05, 3.63) is 0 Å². The Labute approximate surface area is 120 Å². The summed E-state index contributed by atoms with van der Waals surface area (Å²) in [6, 6.07) is 0. The molecule has 2 heterocycles. The Morgan fingerprint density at radius 1 is 1.11 bits per heavy atom. The molecule has 2 aliphatic heterocycles. The van der Waals surface area contributed by atoms with Gasteiger partial charge in [0, 0.05) is 30.6 Å². The van der Waals surface area contributed by atoms with Gasteiger partial charge in [-0.15, -0.1) is 0 Å². The maximum Gasteiger partial charge on any atom is 0.304 e. The van der Waals surface area contributed by atoms with Gasteiger partial charge in [0.25, 0.3) is 0 Å². The van der Waals surface area contributed by atoms with E-state index in [9.17, 15) is 4.79 Å². The molecule has 0 amide bonds. The number of hydrogen-bond acceptors (Lipinski definition) is 4. The maximum atomic E-state index is 10.6. The highest BCUT2D eigenvalue weighted by Crippen LogP contribution is 2.23. The summed E-state index contributed by atoms with van der Waals surface area (Å²) < 4.78 is 0. The second-order valence-electron chi connectivity index (χ2n) is 5.63. The Morgan fingerprint density at radius 2 is 1.84 bits per heavy atom. The summed E-state index contributed by atoms with van der Waals surface area (Å²) in [7, 11) is 0. The minimum absolute atomic E-state index is 0.283. The number of carboxylic acids is 1. The van der Waals surface area contributed by atoms with Gasteiger partial charge in [-0.2, -0.15) is 11.8 Å². The number of carbonyl (C=O) groups is 1. The second-order valence-corrected chi connectivity index (χ2v) is 7.04. The Hall–Kier alpha value is -0.260. The molecule has 1 atom stereocenters. The number of likely N-dealkylation sites (tertiary alicyclic amines) is 2. The first kappa shape index (κ1) is 15.1. The van der Waals surface area contributed by atoms with Crippen molar-refractivity contribution in [3.8, 4) is 0 Å². The number of hydrogen-bond donors (Lipinski definition) is 1. The smallest absolute Gasteiger partial charge is 0.304 e. The van der Waals surface area contributed by atoms with Crippen molar-refractivity contribution < 1.29 is 9.90 Å². The molecule has 5 heteroatoms. The van der Waals surface area contributed by atoms with Gasteiger partial charge in [-0.3, -0.25) is 4.79 Å². The third-order valence-corrected chi connectivity index (χ3v) is 5.34. The lowest BCUT2D eigenvalue weighted by molar-refractivity contribution is -0.137. The molecule has 0 bridgehead atoms. The van der Waals surface area contributed by atoms with E-state index >= 15 is 0 Å². The van der Waals surface area contributed by atoms with Crippen molar-refractivity contribution in [2.75, 3.05) is 45.0 Å². The zero-order valence-corrected chi connectivity index (χ0v) is 12.5. The molecule has 1 N–H and O–H groups in total. The lowest BCUT2D eigenvalue weighted by Crippen LogP contribution is -2.38. The first-order valence-electron chi connectivity index (χ1n) is 7.52. The average Bonchev–Trinajstić information content (AvgIpc) is 2.90. The standard InChI is InChI=1S/C14H26N2O2S/c17-14(18)5-9-16-8-3-4-13(12-16)19-11-10-15-6-1-2-7-15/h13H,1-12H2,(H,17,18). The minimum atomic E-state index is -0.677. The SMILES string of the molecule is O=C(O)CCN1CCCC(SCCN2CCCC2)C1. The van der Waals surface area contributed by atoms with Gasteiger partial charge in [-0.25, -0.2) is 0 Å². The van der Waals surface area contributed by atoms with Gasteiger partial charge in [0.15, 0.2) is 0 Å². The molecule has 2 fully saturated rings. The monoisotopic (exact) mass is 286 g/mol. The van der Waals surface area contributed by atoms with E-state index in [0.717, 1.165) is 19.6 Å². The van der Waals surface area contributed by atoms with Gasteiger partial charge >= 0.3 is 5.97 Å². The number of nitrogens with zero attached hydrogens (tertiary/aromatic N) is 2. The fourth-order valence-electron chi connectivity index (χ4n) is 2.96. The zero-order valence-electron chi connectivity index (χ0n) is 11.7. The molecule has 0 aromatic carbocycles. The van der Waals surface area contributed by atoms with Crippen LogP contribution in [0.4, 0.5) is 0 Å². The quantitative estimate of drug-likeness (QED) is 0.772. The number of rotatable bonds is 7. The molecule has 0 radical (unpaired) electrons. The van der Waals surface area contributed by atoms with Crippen LogP contribution >= 0.6 is 11.8 Å². The third kappa shape index (κ3) is 5.71. The molecule has 0 aliphatic carbocycles. The molecule has 2 aliphatic rings. The molecular formula is C14H26N2O2S. The van der Waals surface area contributed by atoms with Gasteiger partial charge < -0.3 is 14.9 Å². The molecule has 1 unspecified atom stereocenters. The Bertz CT molecular complexity index is 283. The second kappa shape index (κ2) is 8.12. The molecule has 19 heavy (non-hydrogen) atoms. The molecular weight excluding hydrogens is 260 g/mol. The largest absolute Gasteiger partial charge is 0.481 e. The summed E-state index contributed by atoms with van der Waals surface area (Å²) in [4.78, 5) is 15.5. The predicted octanol–water partition coefficient (Wildman–Crippen LogP) is 1.75. The normalized spacial score (nSPS) is 25.8. The first-order chi connectivity index (χ1) is 9.24. The van der Waals surface area contributed by atoms with E-state index < -0.39 is 5.97 Å². The average molecular weight is 286 g/mol. The lowest BCUT2D eigenvalue weighted by atomic mass is 10.1. The van der Waals surface area contributed by atoms with Gasteiger partial charge in [0.05, 0.1) is 6.42 Å². The Kier molecular flexibility index (Phi) is 6.47. The van der Waals surface area contributed by atoms with E-state index in [1.165, 1.54) is 51.1 Å². The van der Waals surface area contributed by atoms with Gasteiger partial charge in [-0.05, 0) is 45.3 Å². The van der Waals surface area contributed by atoms with Crippen LogP contribution in [-0.4, -0.2) is 71.1 Å². The highest BCUT2D eigenvalue weighted by atomic mass is 32.2. The number of piperidine rings is 1. The zero-order chi connectivity index (χ0) is 13.5. The van der Waals surface area contributed by atoms with Crippen LogP contribution in [0.1, 0.15) is 32.1 Å². The molecule has 4 nitrogen and oxygen atoms in total. The van der Waals surface area contributed by atoms with Gasteiger partial charge in [-0.1, -0.05) is 0 Å². The molecule has 0 saturated carbocycles. The fourth-order valence-corrected chi connectivity index (χ4v) is 4.31. The molecule has 2 rings (SSSR count). The Morgan fingerprint density at radius 3 is 2.58 bits per heavy atom. The summed E-state index contributed by atoms with van der Waals surface area (Å²) in [5.74, 6) is 0.557. The van der Waals surface area contributed by atoms with Gasteiger partial charge in [0.1, 0.15) is 0 Å². The lowest BCUT2D eigenvalue weighted by Gasteiger charge is -2.32. The van der Waals surface area contributed by atoms with E-state index in [2.05, 4.69) is 21.6 Å². The van der Waals surface area contributed by atoms with Crippen LogP contribution in [0.5, 0.6) is 0 Å². The number of thioether (sulfide) groups is 1. The van der Waals surface area contributed by atoms with Crippen LogP contribution in [-0.2, 0) is 4.79 Å². The summed E-state index contributed by atoms with van der Waals surface area (Å²) in [5.41, 5.74) is 0. The minimum Gasteiger partial charge on any atom is -0.481 e. The highest BCUT2D eigenvalue weighted by molar-refractivity contribution is 7.99. The van der Waals surface area contributed by atoms with Crippen LogP contribution < -0.4 is 0 Å². The fraction of sp³-hybridized carbons (Fsp3) is 0.929. The highest BCUT2D eigenvalue weighted by Gasteiger charge is 2.21. The van der Waals surface area contributed by atoms with Crippen molar-refractivity contribution in [1.82, 2.24) is 9.80 Å². The van der Waals surface area contributed by atoms with Crippen LogP contribution in [0.3, 0.4) is 0 Å². The third-order valence-electron chi connectivity index (χ3n) is 4.06. The number of aliphatic carboxylic acids is 1. The predicted molar refractivity (Wildman–Crippen MR) is 79.8 cm³/mol. The molecule has 0 spiro atoms. The van der Waals surface area contributed by atoms with E-state index in [4.69, 9.17) is 5.11 Å². The van der Waals surface area contributed by atoms with E-state index in [-0.39, 0.29) is 6.42 Å². The van der Waals surface area contributed by atoms with E-state index in [0.29, 0.717) is 5.25 Å². The summed E-state index contributed by atoms with van der Waals surface area (Å²) in [6.07, 6.45) is 5.55. The maximum absolute atomic E-state index is 10.6. The topological polar surface area (TPSA) is 43.8 Å². The van der Waals surface area contributed by atoms with Crippen molar-refractivity contribution >= 4 is 17.7 Å². The molecule has 0 aromatic heterocycles. The van der Waals surface area contributed by atoms with Crippen LogP contribution in [0.15, 0.2) is 0 Å². The van der Waals surface area contributed by atoms with Crippen molar-refractivity contribution in [2.45, 2.75) is 37.4 Å². The van der Waals surface area contributed by atoms with Crippen molar-refractivity contribution in [3.63, 3.8) is 0 Å². The van der Waals surface area contributed by atoms with E-state index in [1.54, 1.807) is 0 Å². The molecule has 2 saturated heterocycles. The van der Waals surface area contributed by atoms with Crippen LogP contribution in [0.25, 0.3) is 0 Å². The summed E-state index contributed by atoms with van der Waals surface area (Å²) >= 11 is 2.09. The first-order valence-corrected chi connectivity index (χ1v) is 8.57. The molecule has 110 valence electrons. The summed E-state index contributed by atoms with van der Waals surface area (Å²) in [5, 5.41) is 9.45. The van der Waals surface area contributed by atoms with Crippen molar-refractivity contribution in [2.24, 2.45) is 0 Å². The van der Waals surface area contributed by atoms with Gasteiger partial charge in [0.2, 0.25) is 0 Å². The van der Waals surface area contributed by atoms with Crippen LogP contribution in [0, 0.1) is 0 Å². The van der Waals surface area contributed by atoms with Crippen LogP contribution in [0.2, 0.25) is 0 Å². The van der Waals surface area contributed by atoms with Crippen molar-refractivity contribution in [1.29, 1.82) is 0 Å². The molecule has 0 aromatic rings. The number of carboxylic acid groups (broad SMARTS) is 1. The van der Waals surface area contributed by atoms with E-state index in [1.807, 2.05) is 0 Å².